The van der Waals surface area contributed by atoms with Crippen LogP contribution in [-0.4, -0.2) is 87.4 Å². The van der Waals surface area contributed by atoms with Crippen molar-refractivity contribution in [1.82, 2.24) is 0 Å². The lowest BCUT2D eigenvalue weighted by Crippen LogP contribution is -2.48. The van der Waals surface area contributed by atoms with Crippen LogP contribution in [0.3, 0.4) is 0 Å². The van der Waals surface area contributed by atoms with Crippen LogP contribution in [0.15, 0.2) is 53.4 Å². The van der Waals surface area contributed by atoms with E-state index in [9.17, 15) is 48.3 Å². The van der Waals surface area contributed by atoms with Crippen molar-refractivity contribution in [3.05, 3.63) is 93.0 Å². The molecule has 14 heteroatoms. The molecule has 4 aromatic carbocycles. The quantitative estimate of drug-likeness (QED) is 0.0672. The Hall–Kier alpha value is -4.70. The number of rotatable bonds is 7. The second-order valence-electron chi connectivity index (χ2n) is 17.1. The van der Waals surface area contributed by atoms with E-state index in [4.69, 9.17) is 14.0 Å². The molecule has 13 nitrogen and oxygen atoms in total. The number of benzene rings is 4. The van der Waals surface area contributed by atoms with Crippen molar-refractivity contribution >= 4 is 38.2 Å². The molecule has 6 N–H and O–H groups in total. The Morgan fingerprint density at radius 1 is 0.921 bits per heavy atom. The van der Waals surface area contributed by atoms with E-state index in [0.29, 0.717) is 19.3 Å². The predicted molar refractivity (Wildman–Crippen MR) is 241 cm³/mol. The number of ketones is 3. The molecule has 0 heterocycles. The number of carbonyl (C=O) groups excluding carboxylic acids is 3. The van der Waals surface area contributed by atoms with Gasteiger partial charge in [-0.1, -0.05) is 105 Å². The van der Waals surface area contributed by atoms with Gasteiger partial charge in [0, 0.05) is 29.5 Å². The van der Waals surface area contributed by atoms with Gasteiger partial charge >= 0.3 is 0 Å². The van der Waals surface area contributed by atoms with Gasteiger partial charge in [-0.3, -0.25) is 18.9 Å². The van der Waals surface area contributed by atoms with Crippen LogP contribution >= 0.6 is 0 Å². The lowest BCUT2D eigenvalue weighted by Gasteiger charge is -2.43. The zero-order valence-electron chi connectivity index (χ0n) is 38.2. The third kappa shape index (κ3) is 10.0. The average molecular weight is 893 g/mol. The number of ether oxygens (including phenoxy) is 2. The van der Waals surface area contributed by atoms with E-state index >= 15 is 0 Å². The molecule has 63 heavy (non-hydrogen) atoms. The SMILES string of the molecule is CC.CC.CC[C@@H]1C[C@@H](O[C@@H]2C[C@@](O)(C(=O)CO)Cc3c(O)c4c(c(O)c32)C(=O)c2c(OC)cccc2C4=O)C[C@H](C)[C@@H]1O.Cc1cc(C(C)(C)C)c2ccc(S(=O)(=O)O)cc2c1. The normalized spacial score (nSPS) is 22.7. The molecule has 0 saturated heterocycles. The molecule has 1 saturated carbocycles. The first-order valence-corrected chi connectivity index (χ1v) is 23.1. The molecule has 3 aliphatic rings. The zero-order valence-corrected chi connectivity index (χ0v) is 39.0. The lowest BCUT2D eigenvalue weighted by atomic mass is 9.71. The van der Waals surface area contributed by atoms with Crippen LogP contribution < -0.4 is 4.74 Å². The maximum atomic E-state index is 13.7. The minimum atomic E-state index is -4.16. The van der Waals surface area contributed by atoms with Crippen molar-refractivity contribution in [3.63, 3.8) is 0 Å². The number of phenolic OH excluding ortho intramolecular Hbond substituents is 2. The number of phenols is 2. The van der Waals surface area contributed by atoms with E-state index in [1.807, 2.05) is 54.5 Å². The third-order valence-electron chi connectivity index (χ3n) is 12.1. The van der Waals surface area contributed by atoms with Gasteiger partial charge in [-0.2, -0.15) is 8.42 Å². The summed E-state index contributed by atoms with van der Waals surface area (Å²) in [6.07, 6.45) is -1.29. The van der Waals surface area contributed by atoms with Gasteiger partial charge in [0.1, 0.15) is 29.5 Å². The first kappa shape index (κ1) is 50.9. The fraction of sp³-hybridized carbons (Fsp3) is 0.490. The van der Waals surface area contributed by atoms with Crippen LogP contribution in [0.5, 0.6) is 17.2 Å². The molecule has 0 radical (unpaired) electrons. The Morgan fingerprint density at radius 3 is 2.13 bits per heavy atom. The van der Waals surface area contributed by atoms with Crippen LogP contribution in [0.4, 0.5) is 0 Å². The van der Waals surface area contributed by atoms with Gasteiger partial charge < -0.3 is 35.0 Å². The summed E-state index contributed by atoms with van der Waals surface area (Å²) in [7, 11) is -2.81. The van der Waals surface area contributed by atoms with E-state index in [1.165, 1.54) is 43.0 Å². The highest BCUT2D eigenvalue weighted by Gasteiger charge is 2.50. The molecular weight excluding hydrogens is 829 g/mol. The Balaban J connectivity index is 0.000000317. The number of hydrogen-bond donors (Lipinski definition) is 6. The lowest BCUT2D eigenvalue weighted by molar-refractivity contribution is -0.152. The highest BCUT2D eigenvalue weighted by Crippen LogP contribution is 2.53. The number of fused-ring (bicyclic) bond motifs is 4. The topological polar surface area (TPSA) is 225 Å². The Kier molecular flexibility index (Phi) is 16.2. The van der Waals surface area contributed by atoms with E-state index in [2.05, 4.69) is 26.8 Å². The first-order chi connectivity index (χ1) is 29.6. The number of aryl methyl sites for hydroxylation is 1. The Labute approximate surface area is 370 Å². The molecule has 0 aliphatic heterocycles. The second kappa shape index (κ2) is 20.0. The summed E-state index contributed by atoms with van der Waals surface area (Å²) < 4.78 is 43.2. The molecule has 4 aromatic rings. The van der Waals surface area contributed by atoms with E-state index in [0.717, 1.165) is 16.3 Å². The van der Waals surface area contributed by atoms with E-state index in [-0.39, 0.29) is 56.6 Å². The molecule has 6 atom stereocenters. The zero-order chi connectivity index (χ0) is 47.5. The van der Waals surface area contributed by atoms with Crippen molar-refractivity contribution in [2.75, 3.05) is 13.7 Å². The van der Waals surface area contributed by atoms with Gasteiger partial charge in [0.25, 0.3) is 10.1 Å². The van der Waals surface area contributed by atoms with Gasteiger partial charge in [0.2, 0.25) is 5.78 Å². The molecule has 1 fully saturated rings. The molecule has 7 rings (SSSR count). The maximum absolute atomic E-state index is 13.7. The van der Waals surface area contributed by atoms with Gasteiger partial charge in [0.05, 0.1) is 47.0 Å². The van der Waals surface area contributed by atoms with Gasteiger partial charge in [0.15, 0.2) is 11.6 Å². The van der Waals surface area contributed by atoms with Crippen molar-refractivity contribution in [1.29, 1.82) is 0 Å². The molecule has 0 bridgehead atoms. The predicted octanol–water partition coefficient (Wildman–Crippen LogP) is 8.11. The summed E-state index contributed by atoms with van der Waals surface area (Å²) in [5.41, 5.74) is -0.907. The van der Waals surface area contributed by atoms with Crippen LogP contribution in [0.25, 0.3) is 10.8 Å². The number of methoxy groups -OCH3 is 1. The molecule has 0 spiro atoms. The standard InChI is InChI=1S/C30H34O10.C15H18O3S.2C2H6/c1-4-14-9-15(8-13(2)25(14)33)40-19-11-30(38,20(32)12-31)10-17-22(19)29(37)24-23(27(17)35)26(34)16-6-5-7-18(39-3)21(16)28(24)36;1-10-7-11-9-12(19(16,17)18)5-6-13(11)14(8-10)15(2,3)4;2*1-2/h5-7,13-15,19,25,31,33,35,37-38H,4,8-12H2,1-3H3;5-9H,1-4H3,(H,16,17,18);2*1-2H3/t13-,14+,15-,19+,25-,30+;;;/m0.../s1. The Morgan fingerprint density at radius 2 is 1.56 bits per heavy atom. The largest absolute Gasteiger partial charge is 0.507 e. The highest BCUT2D eigenvalue weighted by molar-refractivity contribution is 7.85. The number of aliphatic hydroxyl groups is 3. The molecular formula is C49H64O13S. The first-order valence-electron chi connectivity index (χ1n) is 21.7. The van der Waals surface area contributed by atoms with Crippen molar-refractivity contribution in [3.8, 4) is 17.2 Å². The molecule has 0 amide bonds. The summed E-state index contributed by atoms with van der Waals surface area (Å²) >= 11 is 0. The molecule has 0 aromatic heterocycles. The van der Waals surface area contributed by atoms with Crippen LogP contribution in [0, 0.1) is 18.8 Å². The molecule has 344 valence electrons. The average Bonchev–Trinajstić information content (AvgIpc) is 3.24. The third-order valence-corrected chi connectivity index (χ3v) is 12.9. The highest BCUT2D eigenvalue weighted by atomic mass is 32.2. The van der Waals surface area contributed by atoms with Crippen LogP contribution in [0.2, 0.25) is 0 Å². The second-order valence-corrected chi connectivity index (χ2v) is 18.6. The summed E-state index contributed by atoms with van der Waals surface area (Å²) in [5, 5.41) is 56.4. The number of aromatic hydroxyl groups is 2. The number of hydrogen-bond acceptors (Lipinski definition) is 12. The molecule has 0 unspecified atom stereocenters. The number of Topliss-reactive ketones (excluding diaryl/α,β-unsaturated/α-hetero) is 1. The van der Waals surface area contributed by atoms with Crippen molar-refractivity contribution in [2.24, 2.45) is 11.8 Å². The summed E-state index contributed by atoms with van der Waals surface area (Å²) in [6.45, 7) is 19.2. The van der Waals surface area contributed by atoms with E-state index in [1.54, 1.807) is 6.07 Å². The summed E-state index contributed by atoms with van der Waals surface area (Å²) in [5.74, 6) is -3.57. The fourth-order valence-electron chi connectivity index (χ4n) is 9.02. The Bertz CT molecular complexity index is 2470. The van der Waals surface area contributed by atoms with Crippen molar-refractivity contribution < 1.29 is 62.4 Å². The fourth-order valence-corrected chi connectivity index (χ4v) is 9.53. The smallest absolute Gasteiger partial charge is 0.294 e. The van der Waals surface area contributed by atoms with E-state index < -0.39 is 87.0 Å². The summed E-state index contributed by atoms with van der Waals surface area (Å²) in [6, 6.07) is 13.2. The summed E-state index contributed by atoms with van der Waals surface area (Å²) in [4.78, 5) is 39.9. The van der Waals surface area contributed by atoms with Crippen LogP contribution in [0.1, 0.15) is 148 Å². The number of aliphatic hydroxyl groups excluding tert-OH is 2. The van der Waals surface area contributed by atoms with Crippen molar-refractivity contribution in [2.45, 2.75) is 136 Å². The van der Waals surface area contributed by atoms with Crippen LogP contribution in [-0.2, 0) is 31.5 Å². The minimum Gasteiger partial charge on any atom is -0.507 e. The maximum Gasteiger partial charge on any atom is 0.294 e. The molecule has 3 aliphatic carbocycles. The minimum absolute atomic E-state index is 0.0120. The van der Waals surface area contributed by atoms with Gasteiger partial charge in [-0.05, 0) is 71.6 Å². The van der Waals surface area contributed by atoms with Gasteiger partial charge in [-0.25, -0.2) is 0 Å². The monoisotopic (exact) mass is 892 g/mol. The van der Waals surface area contributed by atoms with Gasteiger partial charge in [-0.15, -0.1) is 0 Å². The number of carbonyl (C=O) groups is 3.